The number of thiazole rings is 1. The molecule has 1 aromatic carbocycles. The minimum atomic E-state index is -5.87. The number of hydrogen-bond acceptors (Lipinski definition) is 5. The molecule has 1 aliphatic heterocycles. The molecule has 222 valence electrons. The normalized spacial score (nSPS) is 17.1. The number of carbonyl (C=O) groups excluding carboxylic acids is 2. The van der Waals surface area contributed by atoms with Crippen LogP contribution in [0.2, 0.25) is 0 Å². The number of aliphatic hydroxyl groups is 1. The van der Waals surface area contributed by atoms with E-state index in [1.807, 2.05) is 0 Å². The van der Waals surface area contributed by atoms with Gasteiger partial charge in [0.2, 0.25) is 0 Å². The largest absolute Gasteiger partial charge is 0.406 e. The molecular formula is C25H27F8N3O3S. The first-order chi connectivity index (χ1) is 18.2. The van der Waals surface area contributed by atoms with Crippen LogP contribution in [0.5, 0.6) is 0 Å². The molecule has 0 unspecified atom stereocenters. The Balaban J connectivity index is 2.22. The molecule has 0 aliphatic carbocycles. The van der Waals surface area contributed by atoms with Crippen LogP contribution in [0.3, 0.4) is 0 Å². The Kier molecular flexibility index (Phi) is 8.62. The smallest absolute Gasteiger partial charge is 0.389 e. The van der Waals surface area contributed by atoms with E-state index in [2.05, 4.69) is 10.3 Å². The van der Waals surface area contributed by atoms with Gasteiger partial charge in [-0.2, -0.15) is 26.3 Å². The minimum Gasteiger partial charge on any atom is -0.389 e. The highest BCUT2D eigenvalue weighted by Gasteiger charge is 2.68. The van der Waals surface area contributed by atoms with E-state index in [-0.39, 0.29) is 35.5 Å². The van der Waals surface area contributed by atoms with E-state index in [9.17, 15) is 49.8 Å². The SMILES string of the molecule is C[C@@H]1CCCN1C(=O)c1nc(C(=O)NCC(C)(C)O)sc1-c1ccc(C(C)(C(F)(F)F)C(F)(F)F)cc1C(F)F. The maximum absolute atomic E-state index is 14.2. The molecule has 3 rings (SSSR count). The van der Waals surface area contributed by atoms with Gasteiger partial charge in [-0.3, -0.25) is 9.59 Å². The summed E-state index contributed by atoms with van der Waals surface area (Å²) in [7, 11) is 0. The van der Waals surface area contributed by atoms with Gasteiger partial charge in [0.05, 0.1) is 10.5 Å². The second-order valence-electron chi connectivity index (χ2n) is 10.4. The molecule has 15 heteroatoms. The van der Waals surface area contributed by atoms with Gasteiger partial charge in [0.1, 0.15) is 5.69 Å². The summed E-state index contributed by atoms with van der Waals surface area (Å²) in [5, 5.41) is 11.9. The number of alkyl halides is 8. The molecule has 2 N–H and O–H groups in total. The third-order valence-electron chi connectivity index (χ3n) is 6.76. The molecule has 40 heavy (non-hydrogen) atoms. The Morgan fingerprint density at radius 3 is 2.20 bits per heavy atom. The van der Waals surface area contributed by atoms with Crippen LogP contribution in [-0.4, -0.2) is 63.9 Å². The van der Waals surface area contributed by atoms with E-state index < -0.39 is 64.0 Å². The van der Waals surface area contributed by atoms with E-state index in [0.717, 1.165) is 0 Å². The average molecular weight is 602 g/mol. The molecule has 1 fully saturated rings. The first kappa shape index (κ1) is 31.7. The van der Waals surface area contributed by atoms with Gasteiger partial charge in [0.25, 0.3) is 18.2 Å². The van der Waals surface area contributed by atoms with Crippen LogP contribution in [0.1, 0.15) is 78.4 Å². The molecule has 1 aromatic heterocycles. The van der Waals surface area contributed by atoms with Crippen molar-refractivity contribution < 1.29 is 49.8 Å². The number of nitrogens with one attached hydrogen (secondary N) is 1. The second kappa shape index (κ2) is 10.9. The van der Waals surface area contributed by atoms with Gasteiger partial charge in [-0.15, -0.1) is 11.3 Å². The molecule has 1 saturated heterocycles. The first-order valence-electron chi connectivity index (χ1n) is 12.1. The standard InChI is InChI=1S/C25H27F8N3O3S/c1-12-6-5-9-36(12)21(38)16-17(40-20(35-16)19(37)34-11-22(2,3)39)14-8-7-13(10-15(14)18(26)27)23(4,24(28,29)30)25(31,32)33/h7-8,10,12,18,39H,5-6,9,11H2,1-4H3,(H,34,37)/t12-/m1/s1. The lowest BCUT2D eigenvalue weighted by Crippen LogP contribution is -2.51. The Labute approximate surface area is 228 Å². The predicted octanol–water partition coefficient (Wildman–Crippen LogP) is 6.26. The zero-order valence-corrected chi connectivity index (χ0v) is 22.6. The second-order valence-corrected chi connectivity index (χ2v) is 11.4. The summed E-state index contributed by atoms with van der Waals surface area (Å²) in [6.45, 7) is 4.46. The maximum Gasteiger partial charge on any atom is 0.406 e. The molecular weight excluding hydrogens is 574 g/mol. The van der Waals surface area contributed by atoms with Crippen molar-refractivity contribution in [2.45, 2.75) is 76.4 Å². The lowest BCUT2D eigenvalue weighted by molar-refractivity contribution is -0.297. The van der Waals surface area contributed by atoms with E-state index in [1.165, 1.54) is 18.7 Å². The van der Waals surface area contributed by atoms with Crippen molar-refractivity contribution in [1.82, 2.24) is 15.2 Å². The van der Waals surface area contributed by atoms with Crippen molar-refractivity contribution in [1.29, 1.82) is 0 Å². The van der Waals surface area contributed by atoms with Crippen LogP contribution >= 0.6 is 11.3 Å². The number of hydrogen-bond donors (Lipinski definition) is 2. The number of nitrogens with zero attached hydrogens (tertiary/aromatic N) is 2. The van der Waals surface area contributed by atoms with Crippen molar-refractivity contribution in [3.05, 3.63) is 40.0 Å². The molecule has 0 radical (unpaired) electrons. The molecule has 0 saturated carbocycles. The van der Waals surface area contributed by atoms with E-state index >= 15 is 0 Å². The fourth-order valence-electron chi connectivity index (χ4n) is 4.24. The average Bonchev–Trinajstić information content (AvgIpc) is 3.46. The summed E-state index contributed by atoms with van der Waals surface area (Å²) >= 11 is 0.486. The summed E-state index contributed by atoms with van der Waals surface area (Å²) in [6.07, 6.45) is -14.0. The van der Waals surface area contributed by atoms with Gasteiger partial charge in [-0.1, -0.05) is 12.1 Å². The van der Waals surface area contributed by atoms with E-state index in [4.69, 9.17) is 0 Å². The van der Waals surface area contributed by atoms with Crippen LogP contribution in [0.25, 0.3) is 10.4 Å². The third kappa shape index (κ3) is 6.09. The lowest BCUT2D eigenvalue weighted by Gasteiger charge is -2.34. The van der Waals surface area contributed by atoms with Gasteiger partial charge >= 0.3 is 12.4 Å². The quantitative estimate of drug-likeness (QED) is 0.368. The highest BCUT2D eigenvalue weighted by atomic mass is 32.1. The first-order valence-corrected chi connectivity index (χ1v) is 12.9. The highest BCUT2D eigenvalue weighted by Crippen LogP contribution is 2.53. The van der Waals surface area contributed by atoms with E-state index in [0.29, 0.717) is 42.9 Å². The van der Waals surface area contributed by atoms with Crippen LogP contribution in [0.15, 0.2) is 18.2 Å². The van der Waals surface area contributed by atoms with Crippen molar-refractivity contribution in [3.63, 3.8) is 0 Å². The topological polar surface area (TPSA) is 82.5 Å². The Morgan fingerprint density at radius 2 is 1.73 bits per heavy atom. The van der Waals surface area contributed by atoms with Gasteiger partial charge in [-0.05, 0) is 52.2 Å². The Morgan fingerprint density at radius 1 is 1.12 bits per heavy atom. The van der Waals surface area contributed by atoms with Gasteiger partial charge < -0.3 is 15.3 Å². The molecule has 2 heterocycles. The number of carbonyl (C=O) groups is 2. The minimum absolute atomic E-state index is 0.126. The number of benzene rings is 1. The third-order valence-corrected chi connectivity index (χ3v) is 7.85. The summed E-state index contributed by atoms with van der Waals surface area (Å²) in [5.74, 6) is -1.59. The lowest BCUT2D eigenvalue weighted by atomic mass is 9.79. The summed E-state index contributed by atoms with van der Waals surface area (Å²) in [4.78, 5) is 31.3. The zero-order chi connectivity index (χ0) is 30.4. The Hall–Kier alpha value is -2.81. The molecule has 1 atom stereocenters. The molecule has 2 aromatic rings. The molecule has 1 aliphatic rings. The monoisotopic (exact) mass is 601 g/mol. The summed E-state index contributed by atoms with van der Waals surface area (Å²) < 4.78 is 110. The molecule has 0 spiro atoms. The maximum atomic E-state index is 14.2. The van der Waals surface area contributed by atoms with Crippen LogP contribution in [-0.2, 0) is 5.41 Å². The van der Waals surface area contributed by atoms with Crippen LogP contribution < -0.4 is 5.32 Å². The molecule has 2 amide bonds. The molecule has 0 bridgehead atoms. The zero-order valence-electron chi connectivity index (χ0n) is 21.8. The van der Waals surface area contributed by atoms with Crippen LogP contribution in [0.4, 0.5) is 35.1 Å². The fourth-order valence-corrected chi connectivity index (χ4v) is 5.26. The van der Waals surface area contributed by atoms with Gasteiger partial charge in [0.15, 0.2) is 10.4 Å². The predicted molar refractivity (Wildman–Crippen MR) is 130 cm³/mol. The summed E-state index contributed by atoms with van der Waals surface area (Å²) in [6, 6.07) is 0.957. The number of halogens is 8. The van der Waals surface area contributed by atoms with Crippen molar-refractivity contribution in [2.75, 3.05) is 13.1 Å². The van der Waals surface area contributed by atoms with Crippen LogP contribution in [0, 0.1) is 0 Å². The number of aromatic nitrogens is 1. The highest BCUT2D eigenvalue weighted by molar-refractivity contribution is 7.17. The number of likely N-dealkylation sites (tertiary alicyclic amines) is 1. The Bertz CT molecular complexity index is 1250. The number of rotatable bonds is 7. The van der Waals surface area contributed by atoms with Gasteiger partial charge in [0, 0.05) is 30.3 Å². The molecule has 6 nitrogen and oxygen atoms in total. The number of amides is 2. The van der Waals surface area contributed by atoms with Crippen molar-refractivity contribution in [3.8, 4) is 10.4 Å². The van der Waals surface area contributed by atoms with Gasteiger partial charge in [-0.25, -0.2) is 13.8 Å². The van der Waals surface area contributed by atoms with E-state index in [1.54, 1.807) is 6.92 Å². The van der Waals surface area contributed by atoms with Crippen molar-refractivity contribution in [2.24, 2.45) is 0 Å². The van der Waals surface area contributed by atoms with Crippen molar-refractivity contribution >= 4 is 23.2 Å². The fraction of sp³-hybridized carbons (Fsp3) is 0.560. The summed E-state index contributed by atoms with van der Waals surface area (Å²) in [5.41, 5.74) is -9.40.